The van der Waals surface area contributed by atoms with E-state index in [9.17, 15) is 0 Å². The number of hydrogen-bond donors (Lipinski definition) is 0. The second kappa shape index (κ2) is 6.09. The standard InChI is InChI=1S/C20H22/c1-2-3-4-5-6-9-16-12-13-20-18(14-16)15-17-10-7-8-11-19(17)20/h2,7-8,10-14H,1,3-6,9,15H2. The smallest absolute Gasteiger partial charge is 0.00134 e. The Labute approximate surface area is 122 Å². The normalized spacial score (nSPS) is 12.0. The summed E-state index contributed by atoms with van der Waals surface area (Å²) in [5.74, 6) is 0. The van der Waals surface area contributed by atoms with Crippen LogP contribution in [0.15, 0.2) is 55.1 Å². The van der Waals surface area contributed by atoms with Gasteiger partial charge in [-0.05, 0) is 59.9 Å². The fraction of sp³-hybridized carbons (Fsp3) is 0.300. The quantitative estimate of drug-likeness (QED) is 0.404. The molecule has 0 N–H and O–H groups in total. The maximum absolute atomic E-state index is 3.78. The average Bonchev–Trinajstić information content (AvgIpc) is 2.84. The maximum Gasteiger partial charge on any atom is -0.00134 e. The zero-order valence-electron chi connectivity index (χ0n) is 12.1. The minimum Gasteiger partial charge on any atom is -0.103 e. The van der Waals surface area contributed by atoms with E-state index in [1.807, 2.05) is 6.08 Å². The van der Waals surface area contributed by atoms with Gasteiger partial charge in [0.05, 0.1) is 0 Å². The van der Waals surface area contributed by atoms with E-state index >= 15 is 0 Å². The summed E-state index contributed by atoms with van der Waals surface area (Å²) >= 11 is 0. The van der Waals surface area contributed by atoms with Crippen LogP contribution in [-0.2, 0) is 12.8 Å². The molecule has 0 saturated heterocycles. The Morgan fingerprint density at radius 1 is 0.900 bits per heavy atom. The molecule has 0 amide bonds. The van der Waals surface area contributed by atoms with Crippen molar-refractivity contribution in [2.45, 2.75) is 38.5 Å². The van der Waals surface area contributed by atoms with Gasteiger partial charge in [-0.15, -0.1) is 6.58 Å². The molecule has 0 fully saturated rings. The van der Waals surface area contributed by atoms with Crippen LogP contribution in [0.4, 0.5) is 0 Å². The maximum atomic E-state index is 3.78. The van der Waals surface area contributed by atoms with Gasteiger partial charge in [0.1, 0.15) is 0 Å². The van der Waals surface area contributed by atoms with Crippen LogP contribution in [-0.4, -0.2) is 0 Å². The molecule has 0 aromatic heterocycles. The SMILES string of the molecule is C=CCCCCCc1ccc2c(c1)Cc1ccccc1-2. The molecule has 0 spiro atoms. The molecule has 0 radical (unpaired) electrons. The van der Waals surface area contributed by atoms with Gasteiger partial charge in [0.25, 0.3) is 0 Å². The topological polar surface area (TPSA) is 0 Å². The third-order valence-corrected chi connectivity index (χ3v) is 4.23. The summed E-state index contributed by atoms with van der Waals surface area (Å²) in [6.45, 7) is 3.78. The van der Waals surface area contributed by atoms with Crippen LogP contribution >= 0.6 is 0 Å². The molecule has 102 valence electrons. The third-order valence-electron chi connectivity index (χ3n) is 4.23. The molecular formula is C20H22. The highest BCUT2D eigenvalue weighted by Gasteiger charge is 2.17. The highest BCUT2D eigenvalue weighted by Crippen LogP contribution is 2.36. The van der Waals surface area contributed by atoms with Crippen molar-refractivity contribution in [3.8, 4) is 11.1 Å². The van der Waals surface area contributed by atoms with Crippen LogP contribution in [0.2, 0.25) is 0 Å². The number of benzene rings is 2. The van der Waals surface area contributed by atoms with Gasteiger partial charge < -0.3 is 0 Å². The van der Waals surface area contributed by atoms with E-state index in [2.05, 4.69) is 49.0 Å². The highest BCUT2D eigenvalue weighted by molar-refractivity contribution is 5.76. The lowest BCUT2D eigenvalue weighted by atomic mass is 10.00. The molecule has 3 rings (SSSR count). The van der Waals surface area contributed by atoms with E-state index in [0.717, 1.165) is 12.8 Å². The molecule has 0 atom stereocenters. The van der Waals surface area contributed by atoms with Crippen LogP contribution in [0.1, 0.15) is 42.4 Å². The first-order chi connectivity index (χ1) is 9.88. The largest absolute Gasteiger partial charge is 0.103 e. The van der Waals surface area contributed by atoms with E-state index in [1.165, 1.54) is 53.5 Å². The number of unbranched alkanes of at least 4 members (excludes halogenated alkanes) is 3. The van der Waals surface area contributed by atoms with Crippen LogP contribution in [0.25, 0.3) is 11.1 Å². The molecule has 0 saturated carbocycles. The molecule has 2 aromatic rings. The van der Waals surface area contributed by atoms with Crippen molar-refractivity contribution in [1.82, 2.24) is 0 Å². The van der Waals surface area contributed by atoms with Crippen LogP contribution in [0, 0.1) is 0 Å². The van der Waals surface area contributed by atoms with Crippen LogP contribution < -0.4 is 0 Å². The van der Waals surface area contributed by atoms with E-state index in [4.69, 9.17) is 0 Å². The number of rotatable bonds is 6. The number of aryl methyl sites for hydroxylation is 1. The van der Waals surface area contributed by atoms with Gasteiger partial charge in [-0.25, -0.2) is 0 Å². The Hall–Kier alpha value is -1.82. The molecular weight excluding hydrogens is 240 g/mol. The summed E-state index contributed by atoms with van der Waals surface area (Å²) in [6.07, 6.45) is 9.37. The van der Waals surface area contributed by atoms with Crippen molar-refractivity contribution in [2.75, 3.05) is 0 Å². The summed E-state index contributed by atoms with van der Waals surface area (Å²) in [5, 5.41) is 0. The molecule has 0 nitrogen and oxygen atoms in total. The van der Waals surface area contributed by atoms with Gasteiger partial charge in [-0.3, -0.25) is 0 Å². The number of hydrogen-bond acceptors (Lipinski definition) is 0. The second-order valence-corrected chi connectivity index (χ2v) is 5.71. The van der Waals surface area contributed by atoms with Gasteiger partial charge >= 0.3 is 0 Å². The average molecular weight is 262 g/mol. The van der Waals surface area contributed by atoms with Crippen molar-refractivity contribution in [3.05, 3.63) is 71.8 Å². The van der Waals surface area contributed by atoms with Crippen molar-refractivity contribution < 1.29 is 0 Å². The van der Waals surface area contributed by atoms with Crippen LogP contribution in [0.3, 0.4) is 0 Å². The zero-order valence-corrected chi connectivity index (χ0v) is 12.1. The molecule has 0 unspecified atom stereocenters. The molecule has 0 heteroatoms. The van der Waals surface area contributed by atoms with Crippen molar-refractivity contribution in [2.24, 2.45) is 0 Å². The Morgan fingerprint density at radius 2 is 1.75 bits per heavy atom. The predicted octanol–water partition coefficient (Wildman–Crippen LogP) is 5.55. The minimum absolute atomic E-state index is 1.11. The van der Waals surface area contributed by atoms with Crippen molar-refractivity contribution in [1.29, 1.82) is 0 Å². The van der Waals surface area contributed by atoms with Crippen LogP contribution in [0.5, 0.6) is 0 Å². The molecule has 20 heavy (non-hydrogen) atoms. The lowest BCUT2D eigenvalue weighted by molar-refractivity contribution is 0.687. The Bertz CT molecular complexity index is 607. The van der Waals surface area contributed by atoms with Gasteiger partial charge in [0.15, 0.2) is 0 Å². The zero-order chi connectivity index (χ0) is 13.8. The van der Waals surface area contributed by atoms with Crippen molar-refractivity contribution in [3.63, 3.8) is 0 Å². The number of allylic oxidation sites excluding steroid dienone is 1. The summed E-state index contributed by atoms with van der Waals surface area (Å²) in [5.41, 5.74) is 7.35. The van der Waals surface area contributed by atoms with Gasteiger partial charge in [-0.1, -0.05) is 55.0 Å². The van der Waals surface area contributed by atoms with E-state index in [-0.39, 0.29) is 0 Å². The molecule has 0 bridgehead atoms. The number of fused-ring (bicyclic) bond motifs is 3. The van der Waals surface area contributed by atoms with Gasteiger partial charge in [0.2, 0.25) is 0 Å². The summed E-state index contributed by atoms with van der Waals surface area (Å²) in [7, 11) is 0. The Morgan fingerprint density at radius 3 is 2.65 bits per heavy atom. The Balaban J connectivity index is 1.66. The summed E-state index contributed by atoms with van der Waals surface area (Å²) in [6, 6.07) is 15.8. The Kier molecular flexibility index (Phi) is 4.01. The van der Waals surface area contributed by atoms with Crippen molar-refractivity contribution >= 4 is 0 Å². The summed E-state index contributed by atoms with van der Waals surface area (Å²) in [4.78, 5) is 0. The third kappa shape index (κ3) is 2.70. The van der Waals surface area contributed by atoms with E-state index < -0.39 is 0 Å². The fourth-order valence-electron chi connectivity index (χ4n) is 3.15. The van der Waals surface area contributed by atoms with E-state index in [0.29, 0.717) is 0 Å². The van der Waals surface area contributed by atoms with Gasteiger partial charge in [0, 0.05) is 0 Å². The molecule has 1 aliphatic rings. The lowest BCUT2D eigenvalue weighted by Crippen LogP contribution is -1.89. The molecule has 2 aromatic carbocycles. The second-order valence-electron chi connectivity index (χ2n) is 5.71. The first kappa shape index (κ1) is 13.2. The minimum atomic E-state index is 1.11. The summed E-state index contributed by atoms with van der Waals surface area (Å²) < 4.78 is 0. The fourth-order valence-corrected chi connectivity index (χ4v) is 3.15. The van der Waals surface area contributed by atoms with Gasteiger partial charge in [-0.2, -0.15) is 0 Å². The predicted molar refractivity (Wildman–Crippen MR) is 87.1 cm³/mol. The van der Waals surface area contributed by atoms with E-state index in [1.54, 1.807) is 0 Å². The molecule has 1 aliphatic carbocycles. The molecule has 0 aliphatic heterocycles. The molecule has 0 heterocycles. The first-order valence-electron chi connectivity index (χ1n) is 7.69. The first-order valence-corrected chi connectivity index (χ1v) is 7.69. The lowest BCUT2D eigenvalue weighted by Gasteiger charge is -2.05. The highest BCUT2D eigenvalue weighted by atomic mass is 14.2. The monoisotopic (exact) mass is 262 g/mol.